The fourth-order valence-electron chi connectivity index (χ4n) is 3.79. The lowest BCUT2D eigenvalue weighted by molar-refractivity contribution is -0.164. The lowest BCUT2D eigenvalue weighted by atomic mass is 9.85. The number of aliphatic carboxylic acids is 2. The largest absolute Gasteiger partial charge is 0.481 e. The molecule has 1 atom stereocenters. The van der Waals surface area contributed by atoms with Crippen molar-refractivity contribution in [2.75, 3.05) is 6.54 Å². The van der Waals surface area contributed by atoms with Gasteiger partial charge in [0, 0.05) is 13.5 Å². The maximum atomic E-state index is 12.3. The molecule has 0 radical (unpaired) electrons. The van der Waals surface area contributed by atoms with Crippen LogP contribution in [-0.4, -0.2) is 45.0 Å². The Kier molecular flexibility index (Phi) is 14.5. The molecular weight excluding hydrogens is 358 g/mol. The predicted octanol–water partition coefficient (Wildman–Crippen LogP) is 5.24. The first-order chi connectivity index (χ1) is 13.3. The van der Waals surface area contributed by atoms with Crippen molar-refractivity contribution in [3.63, 3.8) is 0 Å². The predicted molar refractivity (Wildman–Crippen MR) is 111 cm³/mol. The number of hydrogen-bond acceptors (Lipinski definition) is 3. The SMILES string of the molecule is CCCCCCCCN(C(C)=O)[C@@](CCCCCCCC)(CC(=O)O)C(=O)O. The molecule has 2 N–H and O–H groups in total. The summed E-state index contributed by atoms with van der Waals surface area (Å²) in [6.07, 6.45) is 11.6. The molecule has 0 aromatic carbocycles. The number of rotatable bonds is 18. The van der Waals surface area contributed by atoms with Crippen molar-refractivity contribution in [2.24, 2.45) is 0 Å². The average Bonchev–Trinajstić information content (AvgIpc) is 2.62. The van der Waals surface area contributed by atoms with Crippen LogP contribution in [0.25, 0.3) is 0 Å². The summed E-state index contributed by atoms with van der Waals surface area (Å²) in [5.41, 5.74) is -1.65. The van der Waals surface area contributed by atoms with Crippen LogP contribution in [0.4, 0.5) is 0 Å². The summed E-state index contributed by atoms with van der Waals surface area (Å²) in [4.78, 5) is 37.3. The van der Waals surface area contributed by atoms with Gasteiger partial charge in [0.25, 0.3) is 0 Å². The molecule has 6 heteroatoms. The Bertz CT molecular complexity index is 466. The molecule has 0 saturated carbocycles. The van der Waals surface area contributed by atoms with Crippen LogP contribution < -0.4 is 0 Å². The highest BCUT2D eigenvalue weighted by Crippen LogP contribution is 2.29. The first kappa shape index (κ1) is 26.4. The van der Waals surface area contributed by atoms with Crippen molar-refractivity contribution in [3.05, 3.63) is 0 Å². The van der Waals surface area contributed by atoms with Gasteiger partial charge in [-0.15, -0.1) is 0 Å². The average molecular weight is 400 g/mol. The monoisotopic (exact) mass is 399 g/mol. The van der Waals surface area contributed by atoms with Gasteiger partial charge in [-0.1, -0.05) is 84.5 Å². The number of amides is 1. The van der Waals surface area contributed by atoms with Gasteiger partial charge in [-0.3, -0.25) is 9.59 Å². The van der Waals surface area contributed by atoms with E-state index in [0.29, 0.717) is 19.4 Å². The van der Waals surface area contributed by atoms with Gasteiger partial charge in [0.15, 0.2) is 5.54 Å². The Morgan fingerprint density at radius 2 is 1.21 bits per heavy atom. The van der Waals surface area contributed by atoms with E-state index in [4.69, 9.17) is 0 Å². The molecule has 0 rings (SSSR count). The highest BCUT2D eigenvalue weighted by atomic mass is 16.4. The highest BCUT2D eigenvalue weighted by molar-refractivity contribution is 5.90. The van der Waals surface area contributed by atoms with Crippen molar-refractivity contribution >= 4 is 17.8 Å². The van der Waals surface area contributed by atoms with Gasteiger partial charge >= 0.3 is 11.9 Å². The molecule has 6 nitrogen and oxygen atoms in total. The van der Waals surface area contributed by atoms with Gasteiger partial charge in [0.05, 0.1) is 6.42 Å². The topological polar surface area (TPSA) is 94.9 Å². The van der Waals surface area contributed by atoms with Crippen LogP contribution >= 0.6 is 0 Å². The Hall–Kier alpha value is -1.59. The Balaban J connectivity index is 5.08. The Morgan fingerprint density at radius 3 is 1.64 bits per heavy atom. The molecule has 1 amide bonds. The highest BCUT2D eigenvalue weighted by Gasteiger charge is 2.46. The standard InChI is InChI=1S/C22H41NO5/c1-4-6-8-10-12-14-16-22(21(27)28,18-20(25)26)23(19(3)24)17-15-13-11-9-7-5-2/h4-18H2,1-3H3,(H,25,26)(H,27,28)/t22-/m0/s1. The third-order valence-corrected chi connectivity index (χ3v) is 5.42. The van der Waals surface area contributed by atoms with Gasteiger partial charge in [-0.25, -0.2) is 4.79 Å². The molecular formula is C22H41NO5. The second-order valence-corrected chi connectivity index (χ2v) is 7.86. The van der Waals surface area contributed by atoms with Crippen LogP contribution in [0.2, 0.25) is 0 Å². The van der Waals surface area contributed by atoms with E-state index in [1.165, 1.54) is 18.2 Å². The van der Waals surface area contributed by atoms with E-state index in [2.05, 4.69) is 13.8 Å². The van der Waals surface area contributed by atoms with E-state index in [1.54, 1.807) is 0 Å². The Labute approximate surface area is 170 Å². The van der Waals surface area contributed by atoms with E-state index in [-0.39, 0.29) is 12.3 Å². The number of carbonyl (C=O) groups excluding carboxylic acids is 1. The minimum absolute atomic E-state index is 0.191. The third kappa shape index (κ3) is 10.1. The van der Waals surface area contributed by atoms with E-state index < -0.39 is 23.9 Å². The lowest BCUT2D eigenvalue weighted by Crippen LogP contribution is -2.58. The molecule has 0 aromatic heterocycles. The summed E-state index contributed by atoms with van der Waals surface area (Å²) >= 11 is 0. The minimum Gasteiger partial charge on any atom is -0.481 e. The molecule has 164 valence electrons. The minimum atomic E-state index is -1.65. The summed E-state index contributed by atoms with van der Waals surface area (Å²) in [7, 11) is 0. The zero-order chi connectivity index (χ0) is 21.4. The molecule has 0 heterocycles. The summed E-state index contributed by atoms with van der Waals surface area (Å²) in [5.74, 6) is -2.74. The first-order valence-corrected chi connectivity index (χ1v) is 11.0. The molecule has 0 bridgehead atoms. The molecule has 0 aliphatic rings. The quantitative estimate of drug-likeness (QED) is 0.307. The van der Waals surface area contributed by atoms with Crippen molar-refractivity contribution in [3.8, 4) is 0 Å². The third-order valence-electron chi connectivity index (χ3n) is 5.42. The molecule has 0 unspecified atom stereocenters. The van der Waals surface area contributed by atoms with E-state index in [1.807, 2.05) is 0 Å². The smallest absolute Gasteiger partial charge is 0.330 e. The number of hydrogen-bond donors (Lipinski definition) is 2. The summed E-state index contributed by atoms with van der Waals surface area (Å²) in [6, 6.07) is 0. The molecule has 28 heavy (non-hydrogen) atoms. The molecule has 0 saturated heterocycles. The fourth-order valence-corrected chi connectivity index (χ4v) is 3.79. The number of carbonyl (C=O) groups is 3. The van der Waals surface area contributed by atoms with Crippen molar-refractivity contribution in [1.82, 2.24) is 4.90 Å². The first-order valence-electron chi connectivity index (χ1n) is 11.0. The van der Waals surface area contributed by atoms with E-state index in [0.717, 1.165) is 57.8 Å². The van der Waals surface area contributed by atoms with E-state index >= 15 is 0 Å². The van der Waals surface area contributed by atoms with Crippen LogP contribution in [0.15, 0.2) is 0 Å². The maximum Gasteiger partial charge on any atom is 0.330 e. The Morgan fingerprint density at radius 1 is 0.750 bits per heavy atom. The molecule has 0 spiro atoms. The normalized spacial score (nSPS) is 13.1. The van der Waals surface area contributed by atoms with Crippen molar-refractivity contribution < 1.29 is 24.6 Å². The summed E-state index contributed by atoms with van der Waals surface area (Å²) < 4.78 is 0. The number of carboxylic acids is 2. The van der Waals surface area contributed by atoms with E-state index in [9.17, 15) is 24.6 Å². The second kappa shape index (κ2) is 15.3. The molecule has 0 fully saturated rings. The summed E-state index contributed by atoms with van der Waals surface area (Å²) in [5, 5.41) is 19.3. The van der Waals surface area contributed by atoms with Gasteiger partial charge < -0.3 is 15.1 Å². The second-order valence-electron chi connectivity index (χ2n) is 7.86. The molecule has 0 aliphatic heterocycles. The van der Waals surface area contributed by atoms with Crippen LogP contribution in [-0.2, 0) is 14.4 Å². The number of carboxylic acid groups (broad SMARTS) is 2. The van der Waals surface area contributed by atoms with Crippen LogP contribution in [0.5, 0.6) is 0 Å². The van der Waals surface area contributed by atoms with Gasteiger partial charge in [-0.2, -0.15) is 0 Å². The van der Waals surface area contributed by atoms with Crippen molar-refractivity contribution in [1.29, 1.82) is 0 Å². The number of nitrogens with zero attached hydrogens (tertiary/aromatic N) is 1. The van der Waals surface area contributed by atoms with Gasteiger partial charge in [-0.05, 0) is 12.8 Å². The molecule has 0 aliphatic carbocycles. The molecule has 0 aromatic rings. The van der Waals surface area contributed by atoms with Crippen LogP contribution in [0.1, 0.15) is 111 Å². The lowest BCUT2D eigenvalue weighted by Gasteiger charge is -2.39. The van der Waals surface area contributed by atoms with Gasteiger partial charge in [0.1, 0.15) is 0 Å². The zero-order valence-electron chi connectivity index (χ0n) is 18.2. The number of unbranched alkanes of at least 4 members (excludes halogenated alkanes) is 10. The zero-order valence-corrected chi connectivity index (χ0v) is 18.2. The van der Waals surface area contributed by atoms with Gasteiger partial charge in [0.2, 0.25) is 5.91 Å². The van der Waals surface area contributed by atoms with Crippen molar-refractivity contribution in [2.45, 2.75) is 116 Å². The van der Waals surface area contributed by atoms with Crippen LogP contribution in [0, 0.1) is 0 Å². The van der Waals surface area contributed by atoms with Crippen LogP contribution in [0.3, 0.4) is 0 Å². The summed E-state index contributed by atoms with van der Waals surface area (Å²) in [6.45, 7) is 5.93. The maximum absolute atomic E-state index is 12.3. The fraction of sp³-hybridized carbons (Fsp3) is 0.864.